The maximum absolute atomic E-state index is 12.4. The number of likely N-dealkylation sites (tertiary alicyclic amines) is 1. The Morgan fingerprint density at radius 1 is 1.29 bits per heavy atom. The monoisotopic (exact) mass is 382 g/mol. The van der Waals surface area contributed by atoms with Crippen LogP contribution in [0.25, 0.3) is 0 Å². The molecule has 0 radical (unpaired) electrons. The van der Waals surface area contributed by atoms with Crippen LogP contribution in [-0.4, -0.2) is 46.4 Å². The van der Waals surface area contributed by atoms with Crippen molar-refractivity contribution in [2.75, 3.05) is 19.7 Å². The minimum atomic E-state index is 0.0609. The maximum atomic E-state index is 12.4. The SMILES string of the molecule is CCn1cc(CN2CC[C@@H]3[C@@H](CO[C@H]3CC(=O)NCc3ccccc3)C2)cn1. The summed E-state index contributed by atoms with van der Waals surface area (Å²) in [6.07, 6.45) is 5.74. The molecule has 2 aliphatic heterocycles. The summed E-state index contributed by atoms with van der Waals surface area (Å²) < 4.78 is 8.02. The van der Waals surface area contributed by atoms with Crippen LogP contribution in [0.1, 0.15) is 30.9 Å². The Kier molecular flexibility index (Phi) is 6.07. The van der Waals surface area contributed by atoms with Crippen molar-refractivity contribution in [2.24, 2.45) is 11.8 Å². The van der Waals surface area contributed by atoms with Crippen LogP contribution in [-0.2, 0) is 29.2 Å². The Bertz CT molecular complexity index is 776. The summed E-state index contributed by atoms with van der Waals surface area (Å²) in [6, 6.07) is 10.0. The van der Waals surface area contributed by atoms with Gasteiger partial charge in [-0.25, -0.2) is 0 Å². The highest BCUT2D eigenvalue weighted by molar-refractivity contribution is 5.76. The molecule has 2 saturated heterocycles. The van der Waals surface area contributed by atoms with E-state index in [4.69, 9.17) is 4.74 Å². The molecule has 1 amide bonds. The zero-order valence-electron chi connectivity index (χ0n) is 16.6. The Balaban J connectivity index is 1.24. The molecule has 6 heteroatoms. The van der Waals surface area contributed by atoms with Gasteiger partial charge >= 0.3 is 0 Å². The first kappa shape index (κ1) is 19.2. The molecule has 150 valence electrons. The largest absolute Gasteiger partial charge is 0.377 e. The molecule has 2 fully saturated rings. The summed E-state index contributed by atoms with van der Waals surface area (Å²) in [5.41, 5.74) is 2.40. The number of aryl methyl sites for hydroxylation is 1. The molecule has 0 unspecified atom stereocenters. The number of carbonyl (C=O) groups excluding carboxylic acids is 1. The van der Waals surface area contributed by atoms with Crippen molar-refractivity contribution in [2.45, 2.75) is 45.5 Å². The predicted molar refractivity (Wildman–Crippen MR) is 107 cm³/mol. The normalized spacial score (nSPS) is 24.8. The summed E-state index contributed by atoms with van der Waals surface area (Å²) in [5, 5.41) is 7.40. The molecule has 3 atom stereocenters. The fourth-order valence-corrected chi connectivity index (χ4v) is 4.49. The van der Waals surface area contributed by atoms with Crippen molar-refractivity contribution in [1.29, 1.82) is 0 Å². The number of benzene rings is 1. The molecule has 0 aliphatic carbocycles. The zero-order chi connectivity index (χ0) is 19.3. The molecule has 2 aromatic rings. The number of rotatable bonds is 7. The third-order valence-electron chi connectivity index (χ3n) is 6.01. The summed E-state index contributed by atoms with van der Waals surface area (Å²) >= 11 is 0. The molecule has 1 aromatic heterocycles. The lowest BCUT2D eigenvalue weighted by molar-refractivity contribution is -0.124. The smallest absolute Gasteiger partial charge is 0.222 e. The first-order chi connectivity index (χ1) is 13.7. The molecule has 0 saturated carbocycles. The van der Waals surface area contributed by atoms with Crippen LogP contribution in [0.15, 0.2) is 42.7 Å². The van der Waals surface area contributed by atoms with Gasteiger partial charge in [0.25, 0.3) is 0 Å². The van der Waals surface area contributed by atoms with Gasteiger partial charge in [0.05, 0.1) is 25.3 Å². The third-order valence-corrected chi connectivity index (χ3v) is 6.01. The lowest BCUT2D eigenvalue weighted by Gasteiger charge is -2.35. The Hall–Kier alpha value is -2.18. The fraction of sp³-hybridized carbons (Fsp3) is 0.545. The van der Waals surface area contributed by atoms with E-state index in [-0.39, 0.29) is 12.0 Å². The number of aromatic nitrogens is 2. The lowest BCUT2D eigenvalue weighted by atomic mass is 9.83. The van der Waals surface area contributed by atoms with Crippen LogP contribution in [0.3, 0.4) is 0 Å². The van der Waals surface area contributed by atoms with Gasteiger partial charge in [-0.2, -0.15) is 5.10 Å². The van der Waals surface area contributed by atoms with Gasteiger partial charge in [-0.1, -0.05) is 30.3 Å². The van der Waals surface area contributed by atoms with Gasteiger partial charge in [0, 0.05) is 43.9 Å². The highest BCUT2D eigenvalue weighted by atomic mass is 16.5. The van der Waals surface area contributed by atoms with E-state index in [9.17, 15) is 4.79 Å². The molecule has 1 N–H and O–H groups in total. The quantitative estimate of drug-likeness (QED) is 0.799. The van der Waals surface area contributed by atoms with E-state index < -0.39 is 0 Å². The van der Waals surface area contributed by atoms with Gasteiger partial charge in [0.2, 0.25) is 5.91 Å². The highest BCUT2D eigenvalue weighted by Crippen LogP contribution is 2.36. The molecular formula is C22H30N4O2. The average Bonchev–Trinajstić information content (AvgIpc) is 3.34. The molecule has 0 spiro atoms. The second-order valence-corrected chi connectivity index (χ2v) is 7.99. The molecule has 4 rings (SSSR count). The van der Waals surface area contributed by atoms with Gasteiger partial charge in [-0.3, -0.25) is 14.4 Å². The molecule has 3 heterocycles. The van der Waals surface area contributed by atoms with Crippen LogP contribution < -0.4 is 5.32 Å². The summed E-state index contributed by atoms with van der Waals surface area (Å²) in [7, 11) is 0. The highest BCUT2D eigenvalue weighted by Gasteiger charge is 2.41. The molecular weight excluding hydrogens is 352 g/mol. The van der Waals surface area contributed by atoms with Crippen LogP contribution in [0, 0.1) is 11.8 Å². The zero-order valence-corrected chi connectivity index (χ0v) is 16.6. The van der Waals surface area contributed by atoms with Crippen molar-refractivity contribution in [3.8, 4) is 0 Å². The number of hydrogen-bond acceptors (Lipinski definition) is 4. The van der Waals surface area contributed by atoms with Crippen LogP contribution in [0.2, 0.25) is 0 Å². The molecule has 28 heavy (non-hydrogen) atoms. The van der Waals surface area contributed by atoms with Crippen molar-refractivity contribution in [3.05, 3.63) is 53.9 Å². The number of ether oxygens (including phenoxy) is 1. The second-order valence-electron chi connectivity index (χ2n) is 7.99. The Morgan fingerprint density at radius 2 is 2.14 bits per heavy atom. The van der Waals surface area contributed by atoms with Gasteiger partial charge in [-0.15, -0.1) is 0 Å². The van der Waals surface area contributed by atoms with Gasteiger partial charge in [0.15, 0.2) is 0 Å². The molecule has 2 aliphatic rings. The van der Waals surface area contributed by atoms with E-state index in [0.717, 1.165) is 44.8 Å². The third kappa shape index (κ3) is 4.62. The number of carbonyl (C=O) groups is 1. The number of hydrogen-bond donors (Lipinski definition) is 1. The summed E-state index contributed by atoms with van der Waals surface area (Å²) in [5.74, 6) is 1.11. The standard InChI is InChI=1S/C22H30N4O2/c1-2-26-14-18(12-24-26)13-25-9-8-20-19(15-25)16-28-21(20)10-22(27)23-11-17-6-4-3-5-7-17/h3-7,12,14,19-21H,2,8-11,13,15-16H2,1H3,(H,23,27)/t19-,20-,21+/m1/s1. The van der Waals surface area contributed by atoms with E-state index in [1.807, 2.05) is 41.2 Å². The van der Waals surface area contributed by atoms with E-state index in [1.54, 1.807) is 0 Å². The van der Waals surface area contributed by atoms with Crippen molar-refractivity contribution in [1.82, 2.24) is 20.0 Å². The van der Waals surface area contributed by atoms with Crippen molar-refractivity contribution >= 4 is 5.91 Å². The van der Waals surface area contributed by atoms with E-state index in [2.05, 4.69) is 28.4 Å². The number of nitrogens with one attached hydrogen (secondary N) is 1. The minimum Gasteiger partial charge on any atom is -0.377 e. The first-order valence-electron chi connectivity index (χ1n) is 10.4. The number of amides is 1. The van der Waals surface area contributed by atoms with E-state index >= 15 is 0 Å². The van der Waals surface area contributed by atoms with Crippen molar-refractivity contribution < 1.29 is 9.53 Å². The Morgan fingerprint density at radius 3 is 2.93 bits per heavy atom. The van der Waals surface area contributed by atoms with Crippen LogP contribution >= 0.6 is 0 Å². The van der Waals surface area contributed by atoms with Crippen molar-refractivity contribution in [3.63, 3.8) is 0 Å². The first-order valence-corrected chi connectivity index (χ1v) is 10.4. The minimum absolute atomic E-state index is 0.0609. The number of nitrogens with zero attached hydrogens (tertiary/aromatic N) is 3. The van der Waals surface area contributed by atoms with E-state index in [0.29, 0.717) is 24.8 Å². The number of fused-ring (bicyclic) bond motifs is 1. The van der Waals surface area contributed by atoms with Gasteiger partial charge in [-0.05, 0) is 31.4 Å². The van der Waals surface area contributed by atoms with Gasteiger partial charge in [0.1, 0.15) is 0 Å². The summed E-state index contributed by atoms with van der Waals surface area (Å²) in [4.78, 5) is 14.9. The molecule has 1 aromatic carbocycles. The number of piperidine rings is 1. The summed E-state index contributed by atoms with van der Waals surface area (Å²) in [6.45, 7) is 7.42. The van der Waals surface area contributed by atoms with Gasteiger partial charge < -0.3 is 10.1 Å². The average molecular weight is 383 g/mol. The second kappa shape index (κ2) is 8.88. The van der Waals surface area contributed by atoms with Crippen LogP contribution in [0.4, 0.5) is 0 Å². The Labute approximate surface area is 166 Å². The lowest BCUT2D eigenvalue weighted by Crippen LogP contribution is -2.41. The molecule has 6 nitrogen and oxygen atoms in total. The van der Waals surface area contributed by atoms with Crippen LogP contribution in [0.5, 0.6) is 0 Å². The fourth-order valence-electron chi connectivity index (χ4n) is 4.49. The predicted octanol–water partition coefficient (Wildman–Crippen LogP) is 2.45. The van der Waals surface area contributed by atoms with E-state index in [1.165, 1.54) is 5.56 Å². The molecule has 0 bridgehead atoms. The maximum Gasteiger partial charge on any atom is 0.222 e. The topological polar surface area (TPSA) is 59.4 Å².